The maximum absolute atomic E-state index is 12.6. The number of amides is 3. The summed E-state index contributed by atoms with van der Waals surface area (Å²) < 4.78 is 5.67. The molecule has 1 aromatic carbocycles. The number of hydrogen-bond donors (Lipinski definition) is 1. The normalized spacial score (nSPS) is 21.6. The third-order valence-corrected chi connectivity index (χ3v) is 6.54. The largest absolute Gasteiger partial charge is 0.484 e. The van der Waals surface area contributed by atoms with E-state index >= 15 is 0 Å². The average Bonchev–Trinajstić information content (AvgIpc) is 3.07. The molecule has 2 saturated heterocycles. The first kappa shape index (κ1) is 24.1. The summed E-state index contributed by atoms with van der Waals surface area (Å²) in [4.78, 5) is 41.1. The molecule has 7 nitrogen and oxygen atoms in total. The van der Waals surface area contributed by atoms with E-state index in [-0.39, 0.29) is 36.4 Å². The minimum absolute atomic E-state index is 0.000551. The van der Waals surface area contributed by atoms with E-state index in [0.717, 1.165) is 45.2 Å². The lowest BCUT2D eigenvalue weighted by atomic mass is 9.97. The van der Waals surface area contributed by atoms with E-state index in [1.165, 1.54) is 12.8 Å². The Kier molecular flexibility index (Phi) is 8.94. The molecule has 2 aliphatic rings. The highest BCUT2D eigenvalue weighted by molar-refractivity contribution is 5.94. The van der Waals surface area contributed by atoms with Crippen LogP contribution < -0.4 is 10.1 Å². The van der Waals surface area contributed by atoms with Gasteiger partial charge in [-0.05, 0) is 70.2 Å². The molecule has 32 heavy (non-hydrogen) atoms. The van der Waals surface area contributed by atoms with Crippen LogP contribution >= 0.6 is 0 Å². The van der Waals surface area contributed by atoms with Crippen molar-refractivity contribution in [1.29, 1.82) is 0 Å². The molecule has 2 atom stereocenters. The highest BCUT2D eigenvalue weighted by atomic mass is 16.5. The van der Waals surface area contributed by atoms with Gasteiger partial charge in [0.25, 0.3) is 11.8 Å². The van der Waals surface area contributed by atoms with Crippen LogP contribution in [-0.4, -0.2) is 65.8 Å². The summed E-state index contributed by atoms with van der Waals surface area (Å²) in [6, 6.07) is 7.25. The summed E-state index contributed by atoms with van der Waals surface area (Å²) in [5.41, 5.74) is 0.504. The van der Waals surface area contributed by atoms with Crippen molar-refractivity contribution in [3.05, 3.63) is 29.8 Å². The summed E-state index contributed by atoms with van der Waals surface area (Å²) in [5.74, 6) is 0.453. The van der Waals surface area contributed by atoms with Gasteiger partial charge in [0.1, 0.15) is 5.75 Å². The Morgan fingerprint density at radius 3 is 2.16 bits per heavy atom. The number of nitrogens with zero attached hydrogens (tertiary/aromatic N) is 2. The first-order valence-electron chi connectivity index (χ1n) is 12.1. The summed E-state index contributed by atoms with van der Waals surface area (Å²) in [6.07, 6.45) is 8.04. The van der Waals surface area contributed by atoms with Crippen LogP contribution in [0.2, 0.25) is 0 Å². The number of hydrogen-bond acceptors (Lipinski definition) is 4. The third kappa shape index (κ3) is 6.71. The smallest absolute Gasteiger partial charge is 0.260 e. The molecular formula is C25H37N3O4. The zero-order valence-electron chi connectivity index (χ0n) is 19.5. The van der Waals surface area contributed by atoms with Crippen molar-refractivity contribution in [2.75, 3.05) is 26.2 Å². The van der Waals surface area contributed by atoms with Gasteiger partial charge in [0, 0.05) is 43.7 Å². The molecule has 3 rings (SSSR count). The van der Waals surface area contributed by atoms with Gasteiger partial charge in [0.2, 0.25) is 5.91 Å². The Morgan fingerprint density at radius 2 is 1.53 bits per heavy atom. The number of nitrogens with one attached hydrogen (secondary N) is 1. The summed E-state index contributed by atoms with van der Waals surface area (Å²) >= 11 is 0. The van der Waals surface area contributed by atoms with Gasteiger partial charge in [0.15, 0.2) is 6.61 Å². The molecule has 0 bridgehead atoms. The molecule has 3 amide bonds. The van der Waals surface area contributed by atoms with Gasteiger partial charge in [-0.25, -0.2) is 0 Å². The van der Waals surface area contributed by atoms with E-state index in [1.54, 1.807) is 24.3 Å². The van der Waals surface area contributed by atoms with Crippen LogP contribution in [0, 0.1) is 0 Å². The van der Waals surface area contributed by atoms with E-state index in [1.807, 2.05) is 9.80 Å². The van der Waals surface area contributed by atoms with Gasteiger partial charge in [-0.15, -0.1) is 0 Å². The molecule has 2 aliphatic heterocycles. The van der Waals surface area contributed by atoms with Gasteiger partial charge in [-0.3, -0.25) is 14.4 Å². The molecule has 0 aromatic heterocycles. The van der Waals surface area contributed by atoms with Crippen LogP contribution in [0.1, 0.15) is 75.6 Å². The second-order valence-electron chi connectivity index (χ2n) is 9.04. The third-order valence-electron chi connectivity index (χ3n) is 6.54. The Labute approximate surface area is 191 Å². The number of carbonyl (C=O) groups excluding carboxylic acids is 3. The molecule has 0 saturated carbocycles. The van der Waals surface area contributed by atoms with Gasteiger partial charge < -0.3 is 19.9 Å². The maximum atomic E-state index is 12.6. The molecule has 1 aromatic rings. The van der Waals surface area contributed by atoms with Crippen LogP contribution in [0.5, 0.6) is 5.75 Å². The molecule has 1 N–H and O–H groups in total. The van der Waals surface area contributed by atoms with Gasteiger partial charge >= 0.3 is 0 Å². The zero-order valence-corrected chi connectivity index (χ0v) is 19.5. The maximum Gasteiger partial charge on any atom is 0.260 e. The lowest BCUT2D eigenvalue weighted by Gasteiger charge is -2.38. The monoisotopic (exact) mass is 443 g/mol. The second-order valence-corrected chi connectivity index (χ2v) is 9.04. The average molecular weight is 444 g/mol. The topological polar surface area (TPSA) is 79.0 Å². The highest BCUT2D eigenvalue weighted by Gasteiger charge is 2.29. The first-order chi connectivity index (χ1) is 15.5. The van der Waals surface area contributed by atoms with Gasteiger partial charge in [-0.1, -0.05) is 12.8 Å². The molecule has 7 heteroatoms. The molecule has 2 heterocycles. The Bertz CT molecular complexity index is 762. The summed E-state index contributed by atoms with van der Waals surface area (Å²) in [6.45, 7) is 6.15. The van der Waals surface area contributed by atoms with Crippen molar-refractivity contribution in [3.8, 4) is 5.75 Å². The lowest BCUT2D eigenvalue weighted by Crippen LogP contribution is -2.49. The SMILES string of the molecule is CC1CCCC(C)N1C(=O)COc1ccc(C(=O)NCCC(=O)N2CCCCCC2)cc1. The number of benzene rings is 1. The second kappa shape index (κ2) is 11.9. The van der Waals surface area contributed by atoms with E-state index in [0.29, 0.717) is 24.3 Å². The van der Waals surface area contributed by atoms with Crippen molar-refractivity contribution < 1.29 is 19.1 Å². The minimum atomic E-state index is -0.216. The number of ether oxygens (including phenoxy) is 1. The zero-order chi connectivity index (χ0) is 22.9. The number of rotatable bonds is 7. The Balaban J connectivity index is 1.41. The fourth-order valence-corrected chi connectivity index (χ4v) is 4.70. The van der Waals surface area contributed by atoms with E-state index in [4.69, 9.17) is 4.74 Å². The Morgan fingerprint density at radius 1 is 0.906 bits per heavy atom. The minimum Gasteiger partial charge on any atom is -0.484 e. The number of piperidine rings is 1. The van der Waals surface area contributed by atoms with Gasteiger partial charge in [0.05, 0.1) is 0 Å². The lowest BCUT2D eigenvalue weighted by molar-refractivity contribution is -0.139. The van der Waals surface area contributed by atoms with Crippen LogP contribution in [0.3, 0.4) is 0 Å². The predicted molar refractivity (Wildman–Crippen MR) is 124 cm³/mol. The molecule has 0 radical (unpaired) electrons. The molecule has 176 valence electrons. The summed E-state index contributed by atoms with van der Waals surface area (Å²) in [5, 5.41) is 2.82. The van der Waals surface area contributed by atoms with Crippen molar-refractivity contribution in [2.24, 2.45) is 0 Å². The van der Waals surface area contributed by atoms with E-state index < -0.39 is 0 Å². The van der Waals surface area contributed by atoms with Crippen molar-refractivity contribution in [1.82, 2.24) is 15.1 Å². The quantitative estimate of drug-likeness (QED) is 0.701. The number of carbonyl (C=O) groups is 3. The molecule has 2 unspecified atom stereocenters. The van der Waals surface area contributed by atoms with Crippen molar-refractivity contribution in [2.45, 2.75) is 77.3 Å². The molecule has 0 spiro atoms. The van der Waals surface area contributed by atoms with Crippen molar-refractivity contribution in [3.63, 3.8) is 0 Å². The predicted octanol–water partition coefficient (Wildman–Crippen LogP) is 3.38. The standard InChI is InChI=1S/C25H37N3O4/c1-19-8-7-9-20(2)28(19)24(30)18-32-22-12-10-21(11-13-22)25(31)26-15-14-23(29)27-16-5-3-4-6-17-27/h10-13,19-20H,3-9,14-18H2,1-2H3,(H,26,31). The first-order valence-corrected chi connectivity index (χ1v) is 12.1. The molecular weight excluding hydrogens is 406 g/mol. The van der Waals surface area contributed by atoms with Crippen LogP contribution in [0.25, 0.3) is 0 Å². The fourth-order valence-electron chi connectivity index (χ4n) is 4.70. The summed E-state index contributed by atoms with van der Waals surface area (Å²) in [7, 11) is 0. The van der Waals surface area contributed by atoms with Crippen molar-refractivity contribution >= 4 is 17.7 Å². The molecule has 0 aliphatic carbocycles. The van der Waals surface area contributed by atoms with Crippen LogP contribution in [-0.2, 0) is 9.59 Å². The van der Waals surface area contributed by atoms with Crippen LogP contribution in [0.15, 0.2) is 24.3 Å². The number of likely N-dealkylation sites (tertiary alicyclic amines) is 2. The van der Waals surface area contributed by atoms with Crippen LogP contribution in [0.4, 0.5) is 0 Å². The van der Waals surface area contributed by atoms with Gasteiger partial charge in [-0.2, -0.15) is 0 Å². The van der Waals surface area contributed by atoms with E-state index in [2.05, 4.69) is 19.2 Å². The Hall–Kier alpha value is -2.57. The fraction of sp³-hybridized carbons (Fsp3) is 0.640. The molecule has 2 fully saturated rings. The van der Waals surface area contributed by atoms with E-state index in [9.17, 15) is 14.4 Å². The highest BCUT2D eigenvalue weighted by Crippen LogP contribution is 2.23.